The molecule has 0 radical (unpaired) electrons. The number of aromatic nitrogens is 2. The molecule has 0 N–H and O–H groups in total. The van der Waals surface area contributed by atoms with Gasteiger partial charge in [-0.15, -0.1) is 5.10 Å². The second-order valence-corrected chi connectivity index (χ2v) is 2.58. The zero-order valence-electron chi connectivity index (χ0n) is 5.06. The molecule has 2 nitrogen and oxygen atoms in total. The predicted molar refractivity (Wildman–Crippen MR) is 34.7 cm³/mol. The molecule has 1 heterocycles. The Labute approximate surface area is 68.6 Å². The minimum absolute atomic E-state index is 0.0762. The lowest BCUT2D eigenvalue weighted by Crippen LogP contribution is -2.05. The molecular weight excluding hydrogens is 225 g/mol. The summed E-state index contributed by atoms with van der Waals surface area (Å²) < 4.78 is 35.7. The maximum absolute atomic E-state index is 11.9. The summed E-state index contributed by atoms with van der Waals surface area (Å²) in [5.41, 5.74) is -0.806. The summed E-state index contributed by atoms with van der Waals surface area (Å²) in [6, 6.07) is 0.868. The first-order valence-electron chi connectivity index (χ1n) is 2.55. The van der Waals surface area contributed by atoms with Crippen LogP contribution in [-0.2, 0) is 6.18 Å². The molecule has 0 aliphatic heterocycles. The van der Waals surface area contributed by atoms with Gasteiger partial charge in [-0.2, -0.15) is 18.3 Å². The fourth-order valence-electron chi connectivity index (χ4n) is 0.496. The molecule has 0 bridgehead atoms. The lowest BCUT2D eigenvalue weighted by molar-refractivity contribution is -0.138. The van der Waals surface area contributed by atoms with Crippen molar-refractivity contribution in [2.75, 3.05) is 0 Å². The number of nitrogens with zero attached hydrogens (tertiary/aromatic N) is 2. The third kappa shape index (κ3) is 2.14. The molecule has 0 aliphatic rings. The van der Waals surface area contributed by atoms with Gasteiger partial charge in [0.15, 0.2) is 0 Å². The first-order valence-corrected chi connectivity index (χ1v) is 3.35. The lowest BCUT2D eigenvalue weighted by atomic mass is 10.3. The van der Waals surface area contributed by atoms with Crippen LogP contribution in [0.25, 0.3) is 0 Å². The topological polar surface area (TPSA) is 25.8 Å². The molecule has 0 spiro atoms. The molecule has 0 fully saturated rings. The fraction of sp³-hybridized carbons (Fsp3) is 0.200. The monoisotopic (exact) mass is 226 g/mol. The van der Waals surface area contributed by atoms with E-state index in [1.54, 1.807) is 0 Å². The highest BCUT2D eigenvalue weighted by Gasteiger charge is 2.31. The van der Waals surface area contributed by atoms with E-state index in [4.69, 9.17) is 0 Å². The molecule has 0 aliphatic carbocycles. The highest BCUT2D eigenvalue weighted by atomic mass is 79.9. The third-order valence-corrected chi connectivity index (χ3v) is 1.34. The summed E-state index contributed by atoms with van der Waals surface area (Å²) in [6.45, 7) is 0. The summed E-state index contributed by atoms with van der Waals surface area (Å²) in [5.74, 6) is 0. The fourth-order valence-corrected chi connectivity index (χ4v) is 0.834. The molecule has 1 aromatic rings. The minimum Gasteiger partial charge on any atom is -0.166 e. The average molecular weight is 227 g/mol. The second kappa shape index (κ2) is 2.77. The predicted octanol–water partition coefficient (Wildman–Crippen LogP) is 2.26. The largest absolute Gasteiger partial charge is 0.418 e. The molecule has 60 valence electrons. The molecule has 0 amide bonds. The van der Waals surface area contributed by atoms with Gasteiger partial charge in [-0.05, 0) is 22.0 Å². The van der Waals surface area contributed by atoms with Crippen LogP contribution >= 0.6 is 15.9 Å². The van der Waals surface area contributed by atoms with Crippen molar-refractivity contribution in [3.05, 3.63) is 22.4 Å². The van der Waals surface area contributed by atoms with E-state index in [0.29, 0.717) is 6.20 Å². The van der Waals surface area contributed by atoms with Gasteiger partial charge in [-0.3, -0.25) is 0 Å². The maximum atomic E-state index is 11.9. The van der Waals surface area contributed by atoms with Gasteiger partial charge >= 0.3 is 6.18 Å². The van der Waals surface area contributed by atoms with Crippen molar-refractivity contribution in [2.24, 2.45) is 0 Å². The molecule has 0 aromatic carbocycles. The Morgan fingerprint density at radius 2 is 2.00 bits per heavy atom. The highest BCUT2D eigenvalue weighted by molar-refractivity contribution is 9.10. The summed E-state index contributed by atoms with van der Waals surface area (Å²) in [4.78, 5) is 0. The van der Waals surface area contributed by atoms with Crippen LogP contribution in [0, 0.1) is 0 Å². The van der Waals surface area contributed by atoms with Crippen molar-refractivity contribution in [3.63, 3.8) is 0 Å². The number of halogens is 4. The van der Waals surface area contributed by atoms with Gasteiger partial charge in [-0.25, -0.2) is 0 Å². The Bertz CT molecular complexity index is 260. The molecule has 0 saturated carbocycles. The van der Waals surface area contributed by atoms with Gasteiger partial charge in [0.2, 0.25) is 0 Å². The number of hydrogen-bond donors (Lipinski definition) is 0. The van der Waals surface area contributed by atoms with Crippen molar-refractivity contribution >= 4 is 15.9 Å². The Hall–Kier alpha value is -0.650. The summed E-state index contributed by atoms with van der Waals surface area (Å²) in [5, 5.41) is 6.45. The van der Waals surface area contributed by atoms with Crippen LogP contribution in [0.15, 0.2) is 16.9 Å². The summed E-state index contributed by atoms with van der Waals surface area (Å²) in [7, 11) is 0. The van der Waals surface area contributed by atoms with Gasteiger partial charge in [0.25, 0.3) is 0 Å². The molecule has 0 unspecified atom stereocenters. The van der Waals surface area contributed by atoms with Gasteiger partial charge in [0, 0.05) is 0 Å². The van der Waals surface area contributed by atoms with Crippen molar-refractivity contribution in [1.82, 2.24) is 10.2 Å². The number of hydrogen-bond acceptors (Lipinski definition) is 2. The highest BCUT2D eigenvalue weighted by Crippen LogP contribution is 2.29. The van der Waals surface area contributed by atoms with Crippen LogP contribution in [0.2, 0.25) is 0 Å². The van der Waals surface area contributed by atoms with Gasteiger partial charge in [0.1, 0.15) is 4.60 Å². The van der Waals surface area contributed by atoms with Crippen LogP contribution in [0.4, 0.5) is 13.2 Å². The number of rotatable bonds is 0. The Balaban J connectivity index is 3.06. The Kier molecular flexibility index (Phi) is 2.12. The van der Waals surface area contributed by atoms with E-state index in [2.05, 4.69) is 26.1 Å². The van der Waals surface area contributed by atoms with Crippen LogP contribution in [0.1, 0.15) is 5.56 Å². The quantitative estimate of drug-likeness (QED) is 0.679. The molecular formula is C5H2BrF3N2. The molecule has 11 heavy (non-hydrogen) atoms. The smallest absolute Gasteiger partial charge is 0.166 e. The van der Waals surface area contributed by atoms with Crippen molar-refractivity contribution in [2.45, 2.75) is 6.18 Å². The lowest BCUT2D eigenvalue weighted by Gasteiger charge is -2.03. The van der Waals surface area contributed by atoms with Crippen LogP contribution < -0.4 is 0 Å². The molecule has 1 rings (SSSR count). The summed E-state index contributed by atoms with van der Waals surface area (Å²) in [6.07, 6.45) is -3.68. The van der Waals surface area contributed by atoms with E-state index in [9.17, 15) is 13.2 Å². The van der Waals surface area contributed by atoms with E-state index in [0.717, 1.165) is 6.07 Å². The normalized spacial score (nSPS) is 11.6. The number of alkyl halides is 3. The second-order valence-electron chi connectivity index (χ2n) is 1.76. The molecule has 0 atom stereocenters. The van der Waals surface area contributed by atoms with Crippen LogP contribution in [-0.4, -0.2) is 10.2 Å². The van der Waals surface area contributed by atoms with Crippen molar-refractivity contribution in [1.29, 1.82) is 0 Å². The standard InChI is InChI=1S/C5H2BrF3N2/c6-4-1-3(2-10-11-4)5(7,8)9/h1-2H. The summed E-state index contributed by atoms with van der Waals surface area (Å²) >= 11 is 2.78. The minimum atomic E-state index is -4.35. The van der Waals surface area contributed by atoms with Gasteiger partial charge < -0.3 is 0 Å². The van der Waals surface area contributed by atoms with Crippen LogP contribution in [0.3, 0.4) is 0 Å². The third-order valence-electron chi connectivity index (χ3n) is 0.952. The van der Waals surface area contributed by atoms with Crippen molar-refractivity contribution < 1.29 is 13.2 Å². The zero-order valence-corrected chi connectivity index (χ0v) is 6.65. The van der Waals surface area contributed by atoms with E-state index in [1.165, 1.54) is 0 Å². The molecule has 6 heteroatoms. The van der Waals surface area contributed by atoms with Crippen molar-refractivity contribution in [3.8, 4) is 0 Å². The molecule has 0 saturated heterocycles. The SMILES string of the molecule is FC(F)(F)c1cnnc(Br)c1. The Morgan fingerprint density at radius 1 is 1.36 bits per heavy atom. The average Bonchev–Trinajstić information content (AvgIpc) is 1.86. The molecule has 1 aromatic heterocycles. The van der Waals surface area contributed by atoms with E-state index in [1.807, 2.05) is 0 Å². The van der Waals surface area contributed by atoms with Gasteiger partial charge in [-0.1, -0.05) is 0 Å². The maximum Gasteiger partial charge on any atom is 0.418 e. The van der Waals surface area contributed by atoms with Crippen LogP contribution in [0.5, 0.6) is 0 Å². The van der Waals surface area contributed by atoms with E-state index >= 15 is 0 Å². The first-order chi connectivity index (χ1) is 5.00. The first kappa shape index (κ1) is 8.45. The van der Waals surface area contributed by atoms with E-state index < -0.39 is 11.7 Å². The van der Waals surface area contributed by atoms with Gasteiger partial charge in [0.05, 0.1) is 11.8 Å². The zero-order chi connectivity index (χ0) is 8.48. The Morgan fingerprint density at radius 3 is 2.36 bits per heavy atom. The van der Waals surface area contributed by atoms with E-state index in [-0.39, 0.29) is 4.60 Å².